The summed E-state index contributed by atoms with van der Waals surface area (Å²) >= 11 is 0. The van der Waals surface area contributed by atoms with E-state index in [-0.39, 0.29) is 11.9 Å². The minimum atomic E-state index is -0.169. The van der Waals surface area contributed by atoms with Crippen LogP contribution in [0.25, 0.3) is 10.9 Å². The highest BCUT2D eigenvalue weighted by Gasteiger charge is 2.35. The van der Waals surface area contributed by atoms with Crippen molar-refractivity contribution in [3.05, 3.63) is 101 Å². The van der Waals surface area contributed by atoms with Gasteiger partial charge in [0.05, 0.1) is 6.04 Å². The van der Waals surface area contributed by atoms with Crippen LogP contribution in [0, 0.1) is 6.92 Å². The van der Waals surface area contributed by atoms with Crippen LogP contribution in [0.4, 0.5) is 0 Å². The number of H-pyrrole nitrogens is 1. The lowest BCUT2D eigenvalue weighted by Gasteiger charge is -2.36. The summed E-state index contributed by atoms with van der Waals surface area (Å²) in [5, 5.41) is 1.24. The van der Waals surface area contributed by atoms with Crippen LogP contribution >= 0.6 is 0 Å². The second kappa shape index (κ2) is 6.64. The Balaban J connectivity index is 1.66. The lowest BCUT2D eigenvalue weighted by atomic mass is 9.92. The number of aryl methyl sites for hydroxylation is 1. The number of aromatic amines is 1. The van der Waals surface area contributed by atoms with E-state index in [1.165, 1.54) is 10.9 Å². The molecule has 0 saturated heterocycles. The number of amides is 1. The van der Waals surface area contributed by atoms with E-state index in [1.807, 2.05) is 54.4 Å². The number of benzene rings is 2. The van der Waals surface area contributed by atoms with Gasteiger partial charge in [0, 0.05) is 41.1 Å². The predicted octanol–water partition coefficient (Wildman–Crippen LogP) is 4.66. The molecule has 4 nitrogen and oxygen atoms in total. The first-order chi connectivity index (χ1) is 13.7. The molecule has 0 aliphatic carbocycles. The second-order valence-electron chi connectivity index (χ2n) is 7.37. The highest BCUT2D eigenvalue weighted by atomic mass is 16.2. The Hall–Kier alpha value is -3.40. The molecule has 1 atom stereocenters. The minimum absolute atomic E-state index is 0.0573. The van der Waals surface area contributed by atoms with E-state index in [1.54, 1.807) is 6.20 Å². The fourth-order valence-electron chi connectivity index (χ4n) is 4.29. The summed E-state index contributed by atoms with van der Waals surface area (Å²) in [4.78, 5) is 23.3. The molecule has 0 fully saturated rings. The van der Waals surface area contributed by atoms with E-state index in [4.69, 9.17) is 0 Å². The number of carbonyl (C=O) groups excluding carboxylic acids is 1. The zero-order chi connectivity index (χ0) is 19.1. The smallest absolute Gasteiger partial charge is 0.254 e. The van der Waals surface area contributed by atoms with E-state index in [0.29, 0.717) is 6.54 Å². The van der Waals surface area contributed by atoms with Crippen LogP contribution in [0.1, 0.15) is 38.8 Å². The topological polar surface area (TPSA) is 49.0 Å². The molecule has 2 aromatic heterocycles. The summed E-state index contributed by atoms with van der Waals surface area (Å²) in [6.45, 7) is 2.70. The Morgan fingerprint density at radius 1 is 1.11 bits per heavy atom. The van der Waals surface area contributed by atoms with Crippen molar-refractivity contribution >= 4 is 16.8 Å². The van der Waals surface area contributed by atoms with Crippen LogP contribution in [-0.2, 0) is 6.42 Å². The maximum atomic E-state index is 13.5. The Labute approximate surface area is 163 Å². The number of aromatic nitrogens is 2. The Kier molecular flexibility index (Phi) is 3.97. The van der Waals surface area contributed by atoms with E-state index in [0.717, 1.165) is 34.3 Å². The fraction of sp³-hybridized carbons (Fsp3) is 0.167. The molecule has 1 N–H and O–H groups in total. The molecule has 4 aromatic rings. The van der Waals surface area contributed by atoms with Gasteiger partial charge in [-0.2, -0.15) is 0 Å². The molecule has 3 heterocycles. The predicted molar refractivity (Wildman–Crippen MR) is 110 cm³/mol. The molecule has 138 valence electrons. The first kappa shape index (κ1) is 16.8. The lowest BCUT2D eigenvalue weighted by Crippen LogP contribution is -2.40. The third-order valence-electron chi connectivity index (χ3n) is 5.56. The van der Waals surface area contributed by atoms with E-state index in [2.05, 4.69) is 34.2 Å². The van der Waals surface area contributed by atoms with Crippen molar-refractivity contribution in [2.24, 2.45) is 0 Å². The number of para-hydroxylation sites is 1. The fourth-order valence-corrected chi connectivity index (χ4v) is 4.29. The van der Waals surface area contributed by atoms with Crippen molar-refractivity contribution in [3.63, 3.8) is 0 Å². The number of carbonyl (C=O) groups is 1. The molecule has 1 amide bonds. The van der Waals surface area contributed by atoms with Crippen molar-refractivity contribution in [2.45, 2.75) is 19.4 Å². The number of rotatable bonds is 2. The quantitative estimate of drug-likeness (QED) is 0.560. The Bertz CT molecular complexity index is 1160. The van der Waals surface area contributed by atoms with Gasteiger partial charge in [-0.3, -0.25) is 9.78 Å². The normalized spacial score (nSPS) is 16.2. The number of fused-ring (bicyclic) bond motifs is 3. The number of pyridine rings is 1. The van der Waals surface area contributed by atoms with Gasteiger partial charge >= 0.3 is 0 Å². The van der Waals surface area contributed by atoms with E-state index >= 15 is 0 Å². The van der Waals surface area contributed by atoms with Crippen LogP contribution in [0.2, 0.25) is 0 Å². The van der Waals surface area contributed by atoms with Gasteiger partial charge in [-0.05, 0) is 48.7 Å². The summed E-state index contributed by atoms with van der Waals surface area (Å²) in [6.07, 6.45) is 4.47. The zero-order valence-corrected chi connectivity index (χ0v) is 15.7. The molecule has 0 radical (unpaired) electrons. The maximum Gasteiger partial charge on any atom is 0.254 e. The zero-order valence-electron chi connectivity index (χ0n) is 15.7. The molecule has 0 spiro atoms. The van der Waals surface area contributed by atoms with Crippen LogP contribution in [-0.4, -0.2) is 27.3 Å². The second-order valence-corrected chi connectivity index (χ2v) is 7.37. The van der Waals surface area contributed by atoms with Crippen molar-refractivity contribution < 1.29 is 4.79 Å². The van der Waals surface area contributed by atoms with Gasteiger partial charge in [-0.15, -0.1) is 0 Å². The van der Waals surface area contributed by atoms with Gasteiger partial charge in [-0.25, -0.2) is 0 Å². The average molecular weight is 367 g/mol. The van der Waals surface area contributed by atoms with E-state index in [9.17, 15) is 4.79 Å². The molecule has 0 unspecified atom stereocenters. The third-order valence-corrected chi connectivity index (χ3v) is 5.56. The largest absolute Gasteiger partial charge is 0.356 e. The van der Waals surface area contributed by atoms with Gasteiger partial charge < -0.3 is 9.88 Å². The van der Waals surface area contributed by atoms with Crippen molar-refractivity contribution in [2.75, 3.05) is 6.54 Å². The molecular weight excluding hydrogens is 346 g/mol. The Morgan fingerprint density at radius 3 is 2.82 bits per heavy atom. The molecular formula is C24H21N3O. The van der Waals surface area contributed by atoms with Crippen LogP contribution in [0.3, 0.4) is 0 Å². The summed E-state index contributed by atoms with van der Waals surface area (Å²) in [5.74, 6) is 0.0573. The first-order valence-electron chi connectivity index (χ1n) is 9.59. The summed E-state index contributed by atoms with van der Waals surface area (Å²) in [6, 6.07) is 20.0. The van der Waals surface area contributed by atoms with Gasteiger partial charge in [0.15, 0.2) is 0 Å². The van der Waals surface area contributed by atoms with Crippen molar-refractivity contribution in [1.29, 1.82) is 0 Å². The number of nitrogens with zero attached hydrogens (tertiary/aromatic N) is 2. The molecule has 1 aliphatic rings. The molecule has 0 bridgehead atoms. The standard InChI is InChI=1S/C24H21N3O/c1-16-6-4-7-17(14-16)24(28)27-13-11-20-19-9-2-3-10-21(19)26-22(20)23(27)18-8-5-12-25-15-18/h2-10,12,14-15,23,26H,11,13H2,1H3/t23-/m1/s1. The van der Waals surface area contributed by atoms with E-state index < -0.39 is 0 Å². The third kappa shape index (κ3) is 2.69. The molecule has 0 saturated carbocycles. The first-order valence-corrected chi connectivity index (χ1v) is 9.59. The van der Waals surface area contributed by atoms with Gasteiger partial charge in [-0.1, -0.05) is 42.0 Å². The number of nitrogens with one attached hydrogen (secondary N) is 1. The molecule has 2 aromatic carbocycles. The molecule has 5 rings (SSSR count). The lowest BCUT2D eigenvalue weighted by molar-refractivity contribution is 0.0691. The molecule has 28 heavy (non-hydrogen) atoms. The van der Waals surface area contributed by atoms with Crippen molar-refractivity contribution in [3.8, 4) is 0 Å². The minimum Gasteiger partial charge on any atom is -0.356 e. The highest BCUT2D eigenvalue weighted by molar-refractivity contribution is 5.95. The summed E-state index contributed by atoms with van der Waals surface area (Å²) < 4.78 is 0. The summed E-state index contributed by atoms with van der Waals surface area (Å²) in [7, 11) is 0. The van der Waals surface area contributed by atoms with Crippen LogP contribution in [0.15, 0.2) is 73.1 Å². The SMILES string of the molecule is Cc1cccc(C(=O)N2CCc3c([nH]c4ccccc34)[C@H]2c2cccnc2)c1. The van der Waals surface area contributed by atoms with Gasteiger partial charge in [0.1, 0.15) is 0 Å². The average Bonchev–Trinajstić information content (AvgIpc) is 3.12. The van der Waals surface area contributed by atoms with Gasteiger partial charge in [0.2, 0.25) is 0 Å². The van der Waals surface area contributed by atoms with Crippen LogP contribution in [0.5, 0.6) is 0 Å². The summed E-state index contributed by atoms with van der Waals surface area (Å²) in [5.41, 5.74) is 6.36. The highest BCUT2D eigenvalue weighted by Crippen LogP contribution is 2.38. The Morgan fingerprint density at radius 2 is 2.00 bits per heavy atom. The van der Waals surface area contributed by atoms with Gasteiger partial charge in [0.25, 0.3) is 5.91 Å². The maximum absolute atomic E-state index is 13.5. The molecule has 1 aliphatic heterocycles. The number of hydrogen-bond acceptors (Lipinski definition) is 2. The molecule has 4 heteroatoms. The monoisotopic (exact) mass is 367 g/mol. The number of hydrogen-bond donors (Lipinski definition) is 1. The van der Waals surface area contributed by atoms with Crippen molar-refractivity contribution in [1.82, 2.24) is 14.9 Å². The van der Waals surface area contributed by atoms with Crippen LogP contribution < -0.4 is 0 Å².